The van der Waals surface area contributed by atoms with Gasteiger partial charge in [-0.2, -0.15) is 0 Å². The number of amides is 1. The molecule has 1 N–H and O–H groups in total. The lowest BCUT2D eigenvalue weighted by Crippen LogP contribution is -2.35. The summed E-state index contributed by atoms with van der Waals surface area (Å²) >= 11 is 0. The van der Waals surface area contributed by atoms with Crippen molar-refractivity contribution in [2.45, 2.75) is 26.2 Å². The van der Waals surface area contributed by atoms with E-state index in [0.717, 1.165) is 12.8 Å². The van der Waals surface area contributed by atoms with Crippen molar-refractivity contribution in [2.24, 2.45) is 17.8 Å². The Balaban J connectivity index is 1.99. The monoisotopic (exact) mass is 303 g/mol. The van der Waals surface area contributed by atoms with Crippen molar-refractivity contribution < 1.29 is 23.1 Å². The molecule has 1 amide bonds. The van der Waals surface area contributed by atoms with Crippen molar-refractivity contribution >= 4 is 21.7 Å². The molecule has 0 aromatic carbocycles. The van der Waals surface area contributed by atoms with E-state index >= 15 is 0 Å². The minimum atomic E-state index is -3.37. The molecular formula is C13H21NO5S. The normalized spacial score (nSPS) is 26.8. The molecule has 7 heteroatoms. The molecule has 0 unspecified atom stereocenters. The summed E-state index contributed by atoms with van der Waals surface area (Å²) in [5.41, 5.74) is 0. The summed E-state index contributed by atoms with van der Waals surface area (Å²) in [7, 11) is -3.37. The molecule has 2 aliphatic rings. The second kappa shape index (κ2) is 5.71. The fraction of sp³-hybridized carbons (Fsp3) is 0.846. The van der Waals surface area contributed by atoms with Crippen LogP contribution >= 0.6 is 0 Å². The maximum absolute atomic E-state index is 12.0. The summed E-state index contributed by atoms with van der Waals surface area (Å²) in [6.45, 7) is 2.29. The molecule has 0 aromatic rings. The number of carbonyl (C=O) groups is 2. The second-order valence-electron chi connectivity index (χ2n) is 5.84. The van der Waals surface area contributed by atoms with Crippen LogP contribution in [-0.2, 0) is 19.4 Å². The lowest BCUT2D eigenvalue weighted by molar-refractivity contribution is -0.142. The highest BCUT2D eigenvalue weighted by molar-refractivity contribution is 7.92. The molecule has 0 spiro atoms. The molecule has 114 valence electrons. The van der Waals surface area contributed by atoms with E-state index in [1.165, 1.54) is 4.90 Å². The maximum Gasteiger partial charge on any atom is 0.308 e. The number of sulfone groups is 1. The summed E-state index contributed by atoms with van der Waals surface area (Å²) in [6.07, 6.45) is 2.52. The lowest BCUT2D eigenvalue weighted by atomic mass is 9.92. The molecule has 0 aromatic heterocycles. The third-order valence-electron chi connectivity index (χ3n) is 4.12. The Morgan fingerprint density at radius 2 is 1.90 bits per heavy atom. The van der Waals surface area contributed by atoms with Gasteiger partial charge in [-0.3, -0.25) is 9.59 Å². The molecule has 2 atom stereocenters. The van der Waals surface area contributed by atoms with E-state index in [0.29, 0.717) is 18.9 Å². The third kappa shape index (κ3) is 3.50. The van der Waals surface area contributed by atoms with Gasteiger partial charge < -0.3 is 10.0 Å². The largest absolute Gasteiger partial charge is 0.481 e. The smallest absolute Gasteiger partial charge is 0.308 e. The highest BCUT2D eigenvalue weighted by atomic mass is 32.2. The minimum Gasteiger partial charge on any atom is -0.481 e. The Kier molecular flexibility index (Phi) is 4.36. The second-order valence-corrected chi connectivity index (χ2v) is 8.02. The molecule has 1 saturated carbocycles. The van der Waals surface area contributed by atoms with Crippen LogP contribution < -0.4 is 0 Å². The first-order valence-corrected chi connectivity index (χ1v) is 8.87. The van der Waals surface area contributed by atoms with Crippen LogP contribution in [0.3, 0.4) is 0 Å². The van der Waals surface area contributed by atoms with E-state index < -0.39 is 33.4 Å². The van der Waals surface area contributed by atoms with Gasteiger partial charge in [-0.05, 0) is 31.1 Å². The Hall–Kier alpha value is -1.11. The van der Waals surface area contributed by atoms with Crippen LogP contribution in [0.5, 0.6) is 0 Å². The van der Waals surface area contributed by atoms with Gasteiger partial charge in [0.15, 0.2) is 9.84 Å². The van der Waals surface area contributed by atoms with E-state index in [4.69, 9.17) is 0 Å². The van der Waals surface area contributed by atoms with Crippen LogP contribution in [0.2, 0.25) is 0 Å². The lowest BCUT2D eigenvalue weighted by Gasteiger charge is -2.16. The number of hydrogen-bond acceptors (Lipinski definition) is 4. The minimum absolute atomic E-state index is 0.000985. The number of carboxylic acid groups (broad SMARTS) is 1. The molecule has 1 aliphatic heterocycles. The van der Waals surface area contributed by atoms with E-state index in [1.807, 2.05) is 0 Å². The zero-order valence-electron chi connectivity index (χ0n) is 11.6. The third-order valence-corrected chi connectivity index (χ3v) is 5.84. The van der Waals surface area contributed by atoms with E-state index in [2.05, 4.69) is 0 Å². The summed E-state index contributed by atoms with van der Waals surface area (Å²) in [5.74, 6) is -1.99. The van der Waals surface area contributed by atoms with Crippen molar-refractivity contribution in [3.8, 4) is 0 Å². The van der Waals surface area contributed by atoms with Crippen molar-refractivity contribution in [3.05, 3.63) is 0 Å². The molecule has 0 bridgehead atoms. The number of aliphatic carboxylic acids is 1. The van der Waals surface area contributed by atoms with Gasteiger partial charge in [0, 0.05) is 13.1 Å². The van der Waals surface area contributed by atoms with Crippen LogP contribution in [-0.4, -0.2) is 54.9 Å². The van der Waals surface area contributed by atoms with Gasteiger partial charge in [0.25, 0.3) is 0 Å². The summed E-state index contributed by atoms with van der Waals surface area (Å²) in [5, 5.41) is 9.22. The summed E-state index contributed by atoms with van der Waals surface area (Å²) < 4.78 is 23.4. The van der Waals surface area contributed by atoms with Gasteiger partial charge in [0.05, 0.1) is 11.7 Å². The maximum atomic E-state index is 12.0. The number of rotatable bonds is 6. The molecule has 2 fully saturated rings. The zero-order valence-corrected chi connectivity index (χ0v) is 12.4. The predicted octanol–water partition coefficient (Wildman–Crippen LogP) is 0.380. The number of nitrogens with zero attached hydrogens (tertiary/aromatic N) is 1. The molecule has 0 radical (unpaired) electrons. The quantitative estimate of drug-likeness (QED) is 0.766. The fourth-order valence-electron chi connectivity index (χ4n) is 2.96. The van der Waals surface area contributed by atoms with E-state index in [1.54, 1.807) is 6.92 Å². The van der Waals surface area contributed by atoms with Gasteiger partial charge in [-0.15, -0.1) is 0 Å². The highest BCUT2D eigenvalue weighted by Crippen LogP contribution is 2.44. The van der Waals surface area contributed by atoms with E-state index in [-0.39, 0.29) is 18.2 Å². The molecule has 2 rings (SSSR count). The summed E-state index contributed by atoms with van der Waals surface area (Å²) in [6, 6.07) is 0. The number of hydrogen-bond donors (Lipinski definition) is 1. The fourth-order valence-corrected chi connectivity index (χ4v) is 4.28. The van der Waals surface area contributed by atoms with E-state index in [9.17, 15) is 23.1 Å². The summed E-state index contributed by atoms with van der Waals surface area (Å²) in [4.78, 5) is 24.7. The van der Waals surface area contributed by atoms with Gasteiger partial charge in [-0.25, -0.2) is 8.42 Å². The zero-order chi connectivity index (χ0) is 14.9. The van der Waals surface area contributed by atoms with Gasteiger partial charge >= 0.3 is 5.97 Å². The number of carbonyl (C=O) groups excluding carboxylic acids is 1. The molecule has 20 heavy (non-hydrogen) atoms. The Bertz CT molecular complexity index is 497. The average molecular weight is 303 g/mol. The molecule has 1 aliphatic carbocycles. The highest BCUT2D eigenvalue weighted by Gasteiger charge is 2.47. The topological polar surface area (TPSA) is 91.8 Å². The van der Waals surface area contributed by atoms with Crippen molar-refractivity contribution in [1.82, 2.24) is 4.90 Å². The van der Waals surface area contributed by atoms with Gasteiger partial charge in [-0.1, -0.05) is 6.92 Å². The molecule has 1 saturated heterocycles. The first kappa shape index (κ1) is 15.3. The van der Waals surface area contributed by atoms with Crippen LogP contribution in [0.1, 0.15) is 26.2 Å². The Morgan fingerprint density at radius 3 is 2.40 bits per heavy atom. The Labute approximate surface area is 119 Å². The standard InChI is InChI=1S/C13H21NO5S/c1-2-5-20(18,19)8-12(15)14-6-10(9-3-4-9)11(7-14)13(16)17/h9-11H,2-8H2,1H3,(H,16,17)/t10-,11+/m1/s1. The van der Waals surface area contributed by atoms with Crippen LogP contribution in [0.25, 0.3) is 0 Å². The number of likely N-dealkylation sites (tertiary alicyclic amines) is 1. The number of carboxylic acids is 1. The van der Waals surface area contributed by atoms with Crippen LogP contribution in [0.4, 0.5) is 0 Å². The van der Waals surface area contributed by atoms with Gasteiger partial charge in [0.1, 0.15) is 5.75 Å². The van der Waals surface area contributed by atoms with Crippen molar-refractivity contribution in [1.29, 1.82) is 0 Å². The Morgan fingerprint density at radius 1 is 1.25 bits per heavy atom. The predicted molar refractivity (Wildman–Crippen MR) is 72.9 cm³/mol. The van der Waals surface area contributed by atoms with Gasteiger partial charge in [0.2, 0.25) is 5.91 Å². The molecule has 6 nitrogen and oxygen atoms in total. The SMILES string of the molecule is CCCS(=O)(=O)CC(=O)N1C[C@H](C(=O)O)[C@@H](C2CC2)C1. The van der Waals surface area contributed by atoms with Crippen LogP contribution in [0, 0.1) is 17.8 Å². The van der Waals surface area contributed by atoms with Crippen LogP contribution in [0.15, 0.2) is 0 Å². The first-order valence-electron chi connectivity index (χ1n) is 7.05. The molecule has 1 heterocycles. The van der Waals surface area contributed by atoms with Crippen molar-refractivity contribution in [3.63, 3.8) is 0 Å². The van der Waals surface area contributed by atoms with Crippen molar-refractivity contribution in [2.75, 3.05) is 24.6 Å². The average Bonchev–Trinajstić information content (AvgIpc) is 3.06. The first-order chi connectivity index (χ1) is 9.34. The molecular weight excluding hydrogens is 282 g/mol.